The monoisotopic (exact) mass is 191 g/mol. The summed E-state index contributed by atoms with van der Waals surface area (Å²) in [4.78, 5) is 12.3. The molecule has 0 fully saturated rings. The van der Waals surface area contributed by atoms with E-state index >= 15 is 0 Å². The molecular formula is C5H3BrFNO. The smallest absolute Gasteiger partial charge is 0.251 e. The molecule has 0 radical (unpaired) electrons. The van der Waals surface area contributed by atoms with Crippen molar-refractivity contribution in [2.75, 3.05) is 0 Å². The first-order valence-electron chi connectivity index (χ1n) is 2.24. The standard InChI is InChI=1S/C5H3BrFNO/c6-3-1-4(7)8-5(9)2-3/h1-2H,(H,8,9). The van der Waals surface area contributed by atoms with Gasteiger partial charge >= 0.3 is 0 Å². The molecule has 0 aromatic carbocycles. The molecule has 4 heteroatoms. The van der Waals surface area contributed by atoms with Gasteiger partial charge in [0.2, 0.25) is 0 Å². The molecule has 1 rings (SSSR count). The summed E-state index contributed by atoms with van der Waals surface area (Å²) < 4.78 is 12.6. The molecule has 0 aliphatic carbocycles. The van der Waals surface area contributed by atoms with E-state index in [1.54, 1.807) is 0 Å². The van der Waals surface area contributed by atoms with E-state index in [1.807, 2.05) is 4.98 Å². The summed E-state index contributed by atoms with van der Waals surface area (Å²) in [6.07, 6.45) is 0. The van der Waals surface area contributed by atoms with Crippen LogP contribution in [0, 0.1) is 5.95 Å². The van der Waals surface area contributed by atoms with Crippen LogP contribution in [0.15, 0.2) is 21.4 Å². The van der Waals surface area contributed by atoms with Crippen LogP contribution < -0.4 is 5.56 Å². The van der Waals surface area contributed by atoms with Gasteiger partial charge in [-0.3, -0.25) is 9.78 Å². The van der Waals surface area contributed by atoms with Crippen LogP contribution in [0.4, 0.5) is 4.39 Å². The van der Waals surface area contributed by atoms with E-state index in [4.69, 9.17) is 0 Å². The van der Waals surface area contributed by atoms with Crippen LogP contribution in [0.2, 0.25) is 0 Å². The van der Waals surface area contributed by atoms with Gasteiger partial charge in [0.15, 0.2) is 5.95 Å². The largest absolute Gasteiger partial charge is 0.299 e. The number of aromatic nitrogens is 1. The van der Waals surface area contributed by atoms with Crippen molar-refractivity contribution in [3.05, 3.63) is 32.9 Å². The minimum absolute atomic E-state index is 0.443. The van der Waals surface area contributed by atoms with Crippen molar-refractivity contribution < 1.29 is 4.39 Å². The lowest BCUT2D eigenvalue weighted by Crippen LogP contribution is -2.04. The molecule has 1 aromatic heterocycles. The number of hydrogen-bond donors (Lipinski definition) is 1. The molecule has 0 bridgehead atoms. The van der Waals surface area contributed by atoms with Gasteiger partial charge in [0, 0.05) is 16.6 Å². The first-order chi connectivity index (χ1) is 4.18. The number of H-pyrrole nitrogens is 1. The zero-order valence-corrected chi connectivity index (χ0v) is 5.90. The highest BCUT2D eigenvalue weighted by molar-refractivity contribution is 9.10. The third-order valence-corrected chi connectivity index (χ3v) is 1.23. The molecule has 0 saturated carbocycles. The SMILES string of the molecule is O=c1cc(Br)cc(F)[nH]1. The highest BCUT2D eigenvalue weighted by Crippen LogP contribution is 2.04. The van der Waals surface area contributed by atoms with Crippen LogP contribution in [-0.2, 0) is 0 Å². The number of rotatable bonds is 0. The minimum Gasteiger partial charge on any atom is -0.299 e. The average Bonchev–Trinajstić information content (AvgIpc) is 1.59. The zero-order chi connectivity index (χ0) is 6.85. The van der Waals surface area contributed by atoms with Crippen LogP contribution >= 0.6 is 15.9 Å². The number of hydrogen-bond acceptors (Lipinski definition) is 1. The van der Waals surface area contributed by atoms with Crippen molar-refractivity contribution in [1.82, 2.24) is 4.98 Å². The van der Waals surface area contributed by atoms with E-state index in [1.165, 1.54) is 12.1 Å². The van der Waals surface area contributed by atoms with Gasteiger partial charge in [0.1, 0.15) is 0 Å². The third kappa shape index (κ3) is 1.64. The van der Waals surface area contributed by atoms with Crippen molar-refractivity contribution in [3.63, 3.8) is 0 Å². The molecule has 0 spiro atoms. The van der Waals surface area contributed by atoms with E-state index in [-0.39, 0.29) is 0 Å². The van der Waals surface area contributed by atoms with Gasteiger partial charge in [-0.1, -0.05) is 15.9 Å². The van der Waals surface area contributed by atoms with E-state index in [9.17, 15) is 9.18 Å². The molecule has 48 valence electrons. The molecule has 0 unspecified atom stereocenters. The number of aromatic amines is 1. The molecule has 9 heavy (non-hydrogen) atoms. The zero-order valence-electron chi connectivity index (χ0n) is 4.32. The Labute approximate surface area is 58.8 Å². The normalized spacial score (nSPS) is 9.56. The molecular weight excluding hydrogens is 189 g/mol. The summed E-state index contributed by atoms with van der Waals surface area (Å²) in [6, 6.07) is 2.44. The molecule has 1 heterocycles. The Kier molecular flexibility index (Phi) is 1.66. The average molecular weight is 192 g/mol. The highest BCUT2D eigenvalue weighted by atomic mass is 79.9. The molecule has 2 nitrogen and oxygen atoms in total. The molecule has 1 aromatic rings. The fraction of sp³-hybridized carbons (Fsp3) is 0. The summed E-state index contributed by atoms with van der Waals surface area (Å²) >= 11 is 2.95. The molecule has 0 atom stereocenters. The topological polar surface area (TPSA) is 32.9 Å². The van der Waals surface area contributed by atoms with Crippen LogP contribution in [0.5, 0.6) is 0 Å². The lowest BCUT2D eigenvalue weighted by atomic mass is 10.5. The maximum Gasteiger partial charge on any atom is 0.251 e. The maximum absolute atomic E-state index is 12.1. The van der Waals surface area contributed by atoms with Crippen LogP contribution in [0.1, 0.15) is 0 Å². The number of halogens is 2. The number of pyridine rings is 1. The Morgan fingerprint density at radius 2 is 2.22 bits per heavy atom. The van der Waals surface area contributed by atoms with Crippen molar-refractivity contribution >= 4 is 15.9 Å². The summed E-state index contributed by atoms with van der Waals surface area (Å²) in [6.45, 7) is 0. The fourth-order valence-electron chi connectivity index (χ4n) is 0.478. The highest BCUT2D eigenvalue weighted by Gasteiger charge is 1.91. The molecule has 0 aliphatic rings. The third-order valence-electron chi connectivity index (χ3n) is 0.776. The van der Waals surface area contributed by atoms with E-state index in [0.717, 1.165) is 0 Å². The summed E-state index contributed by atoms with van der Waals surface area (Å²) in [5, 5.41) is 0. The summed E-state index contributed by atoms with van der Waals surface area (Å²) in [5.74, 6) is -0.630. The van der Waals surface area contributed by atoms with Gasteiger partial charge in [-0.15, -0.1) is 0 Å². The Balaban J connectivity index is 3.33. The van der Waals surface area contributed by atoms with Crippen molar-refractivity contribution in [3.8, 4) is 0 Å². The lowest BCUT2D eigenvalue weighted by Gasteiger charge is -1.86. The second kappa shape index (κ2) is 2.31. The van der Waals surface area contributed by atoms with Crippen LogP contribution in [0.3, 0.4) is 0 Å². The van der Waals surface area contributed by atoms with E-state index in [2.05, 4.69) is 15.9 Å². The maximum atomic E-state index is 12.1. The van der Waals surface area contributed by atoms with Crippen molar-refractivity contribution in [1.29, 1.82) is 0 Å². The van der Waals surface area contributed by atoms with Gasteiger partial charge in [-0.25, -0.2) is 0 Å². The predicted octanol–water partition coefficient (Wildman–Crippen LogP) is 1.28. The Morgan fingerprint density at radius 1 is 1.56 bits per heavy atom. The van der Waals surface area contributed by atoms with Crippen LogP contribution in [-0.4, -0.2) is 4.98 Å². The van der Waals surface area contributed by atoms with Crippen molar-refractivity contribution in [2.45, 2.75) is 0 Å². The minimum atomic E-state index is -0.630. The van der Waals surface area contributed by atoms with Gasteiger partial charge in [0.05, 0.1) is 0 Å². The van der Waals surface area contributed by atoms with Crippen LogP contribution in [0.25, 0.3) is 0 Å². The van der Waals surface area contributed by atoms with Gasteiger partial charge in [-0.05, 0) is 0 Å². The Hall–Kier alpha value is -0.640. The molecule has 0 amide bonds. The van der Waals surface area contributed by atoms with E-state index < -0.39 is 11.5 Å². The predicted molar refractivity (Wildman–Crippen MR) is 34.7 cm³/mol. The van der Waals surface area contributed by atoms with Crippen molar-refractivity contribution in [2.24, 2.45) is 0 Å². The van der Waals surface area contributed by atoms with E-state index in [0.29, 0.717) is 4.47 Å². The second-order valence-corrected chi connectivity index (χ2v) is 2.43. The molecule has 0 aliphatic heterocycles. The number of nitrogens with one attached hydrogen (secondary N) is 1. The first-order valence-corrected chi connectivity index (χ1v) is 3.03. The lowest BCUT2D eigenvalue weighted by molar-refractivity contribution is 0.578. The fourth-order valence-corrected chi connectivity index (χ4v) is 0.887. The van der Waals surface area contributed by atoms with Gasteiger partial charge < -0.3 is 0 Å². The van der Waals surface area contributed by atoms with Gasteiger partial charge in [-0.2, -0.15) is 4.39 Å². The Morgan fingerprint density at radius 3 is 2.67 bits per heavy atom. The first kappa shape index (κ1) is 6.48. The summed E-state index contributed by atoms with van der Waals surface area (Å²) in [5.41, 5.74) is -0.443. The summed E-state index contributed by atoms with van der Waals surface area (Å²) in [7, 11) is 0. The second-order valence-electron chi connectivity index (χ2n) is 1.51. The quantitative estimate of drug-likeness (QED) is 0.617. The molecule has 1 N–H and O–H groups in total. The van der Waals surface area contributed by atoms with Gasteiger partial charge in [0.25, 0.3) is 5.56 Å². The Bertz CT molecular complexity index is 247. The molecule has 0 saturated heterocycles.